The number of ether oxygens (including phenoxy) is 3. The van der Waals surface area contributed by atoms with E-state index in [1.54, 1.807) is 52.0 Å². The smallest absolute Gasteiger partial charge is 0.408 e. The minimum atomic E-state index is -4.04. The third-order valence-corrected chi connectivity index (χ3v) is 13.4. The molecule has 1 aromatic heterocycles. The highest BCUT2D eigenvalue weighted by Gasteiger charge is 2.63. The molecule has 57 heavy (non-hydrogen) atoms. The van der Waals surface area contributed by atoms with E-state index < -0.39 is 92.8 Å². The third-order valence-electron chi connectivity index (χ3n) is 11.3. The van der Waals surface area contributed by atoms with Crippen molar-refractivity contribution < 1.29 is 50.6 Å². The van der Waals surface area contributed by atoms with Crippen LogP contribution < -0.4 is 24.8 Å². The SMILES string of the molecule is C[C@H]1CC/C=C\C2C[C@@]2(C(=O)NS(=O)(=O)C2(C)CC2)NC(=O)[C@@H]2C[C@@H](Oc3ncc(OCC(F)F)c4ccccc34)CN2C(=O)[C@@H](NC(=O)OC(C)(C)C)[C@H](C)C1. The molecular weight excluding hydrogens is 765 g/mol. The molecule has 3 fully saturated rings. The molecule has 0 bridgehead atoms. The maximum absolute atomic E-state index is 14.8. The number of amides is 4. The number of nitrogens with zero attached hydrogens (tertiary/aromatic N) is 2. The van der Waals surface area contributed by atoms with Crippen molar-refractivity contribution in [2.75, 3.05) is 13.2 Å². The Morgan fingerprint density at radius 3 is 2.47 bits per heavy atom. The number of carbonyl (C=O) groups excluding carboxylic acids is 4. The standard InChI is InChI=1S/C40H53F2N5O9S/c1-23-11-7-8-12-25-19-40(25,36(50)46-57(52,53)39(6)15-16-39)45-33(48)29-18-26(21-47(29)35(49)32(24(2)17-23)44-37(51)56-38(3,4)5)55-34-28-14-10-9-13-27(28)30(20-43-34)54-22-31(41)42/h8-10,12-14,20,23-26,29,31-32H,7,11,15-19,21-22H2,1-6H3,(H,44,51)(H,45,48)(H,46,50)/b12-8-/t23-,24+,25?,26+,29-,32-,40+/m0/s1. The van der Waals surface area contributed by atoms with Crippen LogP contribution in [0.4, 0.5) is 13.6 Å². The van der Waals surface area contributed by atoms with E-state index in [0.29, 0.717) is 36.5 Å². The van der Waals surface area contributed by atoms with Crippen LogP contribution in [0.1, 0.15) is 86.5 Å². The number of alkyl halides is 2. The highest BCUT2D eigenvalue weighted by molar-refractivity contribution is 7.91. The maximum Gasteiger partial charge on any atom is 0.408 e. The molecule has 7 atom stereocenters. The van der Waals surface area contributed by atoms with Gasteiger partial charge in [0.2, 0.25) is 27.7 Å². The van der Waals surface area contributed by atoms with Crippen LogP contribution in [0.2, 0.25) is 0 Å². The molecule has 2 aromatic rings. The van der Waals surface area contributed by atoms with Gasteiger partial charge < -0.3 is 29.7 Å². The van der Waals surface area contributed by atoms with Gasteiger partial charge in [-0.2, -0.15) is 0 Å². The van der Waals surface area contributed by atoms with E-state index >= 15 is 0 Å². The second-order valence-electron chi connectivity index (χ2n) is 17.3. The second kappa shape index (κ2) is 16.0. The summed E-state index contributed by atoms with van der Waals surface area (Å²) in [5.41, 5.74) is -2.45. The van der Waals surface area contributed by atoms with E-state index in [1.165, 1.54) is 11.1 Å². The van der Waals surface area contributed by atoms with Crippen LogP contribution >= 0.6 is 0 Å². The number of rotatable bonds is 9. The monoisotopic (exact) mass is 817 g/mol. The number of hydrogen-bond donors (Lipinski definition) is 3. The molecular formula is C40H53F2N5O9S. The van der Waals surface area contributed by atoms with Crippen molar-refractivity contribution in [2.24, 2.45) is 17.8 Å². The zero-order valence-corrected chi connectivity index (χ0v) is 34.0. The van der Waals surface area contributed by atoms with Crippen molar-refractivity contribution in [1.29, 1.82) is 0 Å². The molecule has 0 radical (unpaired) electrons. The van der Waals surface area contributed by atoms with Gasteiger partial charge in [0.25, 0.3) is 12.3 Å². The van der Waals surface area contributed by atoms with Crippen molar-refractivity contribution in [3.63, 3.8) is 0 Å². The van der Waals surface area contributed by atoms with Crippen LogP contribution in [-0.4, -0.2) is 95.8 Å². The Bertz CT molecular complexity index is 2020. The zero-order chi connectivity index (χ0) is 41.5. The van der Waals surface area contributed by atoms with Gasteiger partial charge in [-0.3, -0.25) is 19.1 Å². The van der Waals surface area contributed by atoms with Gasteiger partial charge in [-0.05, 0) is 84.1 Å². The number of nitrogens with one attached hydrogen (secondary N) is 3. The molecule has 4 amide bonds. The summed E-state index contributed by atoms with van der Waals surface area (Å²) in [5.74, 6) is -2.65. The Kier molecular flexibility index (Phi) is 11.8. The van der Waals surface area contributed by atoms with Crippen molar-refractivity contribution in [1.82, 2.24) is 25.2 Å². The summed E-state index contributed by atoms with van der Waals surface area (Å²) in [6, 6.07) is 4.45. The summed E-state index contributed by atoms with van der Waals surface area (Å²) >= 11 is 0. The van der Waals surface area contributed by atoms with E-state index in [2.05, 4.69) is 20.3 Å². The van der Waals surface area contributed by atoms with Crippen LogP contribution in [0, 0.1) is 17.8 Å². The first-order valence-corrected chi connectivity index (χ1v) is 21.0. The predicted molar refractivity (Wildman–Crippen MR) is 206 cm³/mol. The van der Waals surface area contributed by atoms with Gasteiger partial charge in [0.1, 0.15) is 41.7 Å². The Balaban J connectivity index is 1.34. The molecule has 17 heteroatoms. The number of benzene rings is 1. The van der Waals surface area contributed by atoms with E-state index in [9.17, 15) is 36.4 Å². The van der Waals surface area contributed by atoms with Crippen LogP contribution in [0.25, 0.3) is 10.8 Å². The number of alkyl carbamates (subject to hydrolysis) is 1. The molecule has 0 spiro atoms. The molecule has 2 aliphatic heterocycles. The fourth-order valence-electron chi connectivity index (χ4n) is 7.69. The average Bonchev–Trinajstić information content (AvgIpc) is 4.00. The number of allylic oxidation sites excluding steroid dienone is 1. The lowest BCUT2D eigenvalue weighted by Crippen LogP contribution is -2.59. The van der Waals surface area contributed by atoms with E-state index in [-0.39, 0.29) is 36.9 Å². The Morgan fingerprint density at radius 2 is 1.81 bits per heavy atom. The molecule has 3 N–H and O–H groups in total. The summed E-state index contributed by atoms with van der Waals surface area (Å²) < 4.78 is 70.8. The van der Waals surface area contributed by atoms with Crippen molar-refractivity contribution in [3.05, 3.63) is 42.6 Å². The molecule has 1 aromatic carbocycles. The quantitative estimate of drug-likeness (QED) is 0.291. The molecule has 3 heterocycles. The highest BCUT2D eigenvalue weighted by Crippen LogP contribution is 2.47. The molecule has 14 nitrogen and oxygen atoms in total. The number of sulfonamides is 1. The molecule has 312 valence electrons. The molecule has 4 aliphatic rings. The summed E-state index contributed by atoms with van der Waals surface area (Å²) in [6.45, 7) is 9.62. The zero-order valence-electron chi connectivity index (χ0n) is 33.2. The van der Waals surface area contributed by atoms with Crippen LogP contribution in [-0.2, 0) is 29.1 Å². The summed E-state index contributed by atoms with van der Waals surface area (Å²) in [4.78, 5) is 62.1. The lowest BCUT2D eigenvalue weighted by atomic mass is 9.88. The number of fused-ring (bicyclic) bond motifs is 3. The molecule has 1 unspecified atom stereocenters. The van der Waals surface area contributed by atoms with Gasteiger partial charge >= 0.3 is 6.09 Å². The number of hydrogen-bond acceptors (Lipinski definition) is 10. The average molecular weight is 818 g/mol. The fraction of sp³-hybridized carbons (Fsp3) is 0.625. The molecule has 1 saturated heterocycles. The van der Waals surface area contributed by atoms with Gasteiger partial charge in [0.15, 0.2) is 0 Å². The maximum atomic E-state index is 14.8. The number of halogens is 2. The summed E-state index contributed by atoms with van der Waals surface area (Å²) in [5, 5.41) is 6.53. The normalized spacial score (nSPS) is 29.5. The lowest BCUT2D eigenvalue weighted by Gasteiger charge is -2.33. The predicted octanol–water partition coefficient (Wildman–Crippen LogP) is 5.01. The third kappa shape index (κ3) is 9.44. The number of aromatic nitrogens is 1. The van der Waals surface area contributed by atoms with Crippen molar-refractivity contribution in [3.8, 4) is 11.6 Å². The Morgan fingerprint density at radius 1 is 1.11 bits per heavy atom. The first-order chi connectivity index (χ1) is 26.7. The van der Waals surface area contributed by atoms with Crippen LogP contribution in [0.3, 0.4) is 0 Å². The molecule has 2 aliphatic carbocycles. The second-order valence-corrected chi connectivity index (χ2v) is 19.5. The fourth-order valence-corrected chi connectivity index (χ4v) is 9.00. The first-order valence-electron chi connectivity index (χ1n) is 19.5. The number of carbonyl (C=O) groups is 4. The van der Waals surface area contributed by atoms with E-state index in [0.717, 1.165) is 6.42 Å². The first kappa shape index (κ1) is 42.1. The van der Waals surface area contributed by atoms with Crippen molar-refractivity contribution in [2.45, 2.75) is 127 Å². The van der Waals surface area contributed by atoms with Gasteiger partial charge in [-0.15, -0.1) is 0 Å². The minimum Gasteiger partial charge on any atom is -0.485 e. The van der Waals surface area contributed by atoms with Gasteiger partial charge in [0, 0.05) is 23.1 Å². The Labute approximate surface area is 331 Å². The summed E-state index contributed by atoms with van der Waals surface area (Å²) in [6.07, 6.45) is 3.52. The largest absolute Gasteiger partial charge is 0.485 e. The van der Waals surface area contributed by atoms with Gasteiger partial charge in [-0.25, -0.2) is 27.0 Å². The topological polar surface area (TPSA) is 182 Å². The highest BCUT2D eigenvalue weighted by atomic mass is 32.2. The minimum absolute atomic E-state index is 0.0598. The van der Waals surface area contributed by atoms with E-state index in [4.69, 9.17) is 14.2 Å². The van der Waals surface area contributed by atoms with Gasteiger partial charge in [0.05, 0.1) is 17.5 Å². The molecule has 6 rings (SSSR count). The van der Waals surface area contributed by atoms with Crippen molar-refractivity contribution >= 4 is 44.6 Å². The Hall–Kier alpha value is -4.54. The van der Waals surface area contributed by atoms with E-state index in [1.807, 2.05) is 26.0 Å². The van der Waals surface area contributed by atoms with Crippen LogP contribution in [0.15, 0.2) is 42.6 Å². The molecule has 2 saturated carbocycles. The number of pyridine rings is 1. The van der Waals surface area contributed by atoms with Gasteiger partial charge in [-0.1, -0.05) is 44.2 Å². The lowest BCUT2D eigenvalue weighted by molar-refractivity contribution is -0.142. The summed E-state index contributed by atoms with van der Waals surface area (Å²) in [7, 11) is -4.04. The van der Waals surface area contributed by atoms with Crippen LogP contribution in [0.5, 0.6) is 11.6 Å².